The van der Waals surface area contributed by atoms with Crippen LogP contribution in [0.2, 0.25) is 0 Å². The Labute approximate surface area is 199 Å². The molecule has 2 aliphatic rings. The molecule has 11 heteroatoms. The van der Waals surface area contributed by atoms with Crippen molar-refractivity contribution in [1.29, 1.82) is 5.26 Å². The number of aliphatic hydroxyl groups excluding tert-OH is 1. The molecule has 0 fully saturated rings. The van der Waals surface area contributed by atoms with Gasteiger partial charge >= 0.3 is 0 Å². The Balaban J connectivity index is 1.78. The minimum absolute atomic E-state index is 0.0285. The molecule has 6 N–H and O–H groups in total. The first kappa shape index (κ1) is 22.5. The zero-order valence-electron chi connectivity index (χ0n) is 18.9. The summed E-state index contributed by atoms with van der Waals surface area (Å²) in [6.45, 7) is 3.68. The third-order valence-electron chi connectivity index (χ3n) is 6.47. The fraction of sp³-hybridized carbons (Fsp3) is 0.250. The summed E-state index contributed by atoms with van der Waals surface area (Å²) in [5.74, 6) is -1.95. The number of aliphatic imine (C=N–C) groups is 1. The monoisotopic (exact) mass is 476 g/mol. The van der Waals surface area contributed by atoms with Crippen molar-refractivity contribution >= 4 is 34.8 Å². The minimum atomic E-state index is -1.25. The van der Waals surface area contributed by atoms with Gasteiger partial charge < -0.3 is 21.9 Å². The standard InChI is InChI=1S/C24H22F2N8O/c1-3-12-18-14(26)7-11(25)8-16(18)34-22(30-15-6-4-5-10(2)17(15)23(34)35)19(12)31-21-13(9-27)20(28)32-24(29)33-21/h4-8,12,19,23,35H,3H2,1-2H3,(H5,28,29,31,32,33)/t12-,19+,23?/m1/s1. The van der Waals surface area contributed by atoms with Crippen LogP contribution in [0.1, 0.15) is 47.7 Å². The number of halogens is 2. The van der Waals surface area contributed by atoms with Gasteiger partial charge in [-0.3, -0.25) is 4.90 Å². The number of rotatable bonds is 3. The molecular formula is C24H22F2N8O. The molecule has 3 heterocycles. The van der Waals surface area contributed by atoms with E-state index in [4.69, 9.17) is 16.5 Å². The van der Waals surface area contributed by atoms with Crippen molar-refractivity contribution in [3.8, 4) is 6.07 Å². The number of fused-ring (bicyclic) bond motifs is 4. The Morgan fingerprint density at radius 1 is 1.20 bits per heavy atom. The molecule has 1 unspecified atom stereocenters. The molecule has 2 aliphatic heterocycles. The Hall–Kier alpha value is -4.30. The number of aryl methyl sites for hydroxylation is 1. The van der Waals surface area contributed by atoms with Crippen LogP contribution in [0, 0.1) is 29.9 Å². The molecule has 0 saturated carbocycles. The van der Waals surface area contributed by atoms with Crippen LogP contribution in [0.15, 0.2) is 35.3 Å². The summed E-state index contributed by atoms with van der Waals surface area (Å²) in [5.41, 5.74) is 13.9. The zero-order valence-corrected chi connectivity index (χ0v) is 18.9. The highest BCUT2D eigenvalue weighted by Crippen LogP contribution is 2.48. The second-order valence-corrected chi connectivity index (χ2v) is 8.48. The first-order valence-corrected chi connectivity index (χ1v) is 11.0. The van der Waals surface area contributed by atoms with E-state index in [2.05, 4.69) is 15.3 Å². The summed E-state index contributed by atoms with van der Waals surface area (Å²) in [5, 5.41) is 24.2. The second-order valence-electron chi connectivity index (χ2n) is 8.48. The number of aliphatic hydroxyl groups is 1. The van der Waals surface area contributed by atoms with Gasteiger partial charge in [-0.2, -0.15) is 15.2 Å². The predicted octanol–water partition coefficient (Wildman–Crippen LogP) is 3.63. The van der Waals surface area contributed by atoms with Crippen LogP contribution >= 0.6 is 0 Å². The fourth-order valence-electron chi connectivity index (χ4n) is 4.95. The van der Waals surface area contributed by atoms with E-state index in [1.165, 1.54) is 11.0 Å². The molecule has 1 aromatic heterocycles. The maximum atomic E-state index is 15.3. The molecule has 3 aromatic rings. The normalized spacial score (nSPS) is 20.3. The molecule has 0 bridgehead atoms. The Bertz CT molecular complexity index is 1430. The second kappa shape index (κ2) is 8.18. The van der Waals surface area contributed by atoms with Crippen molar-refractivity contribution in [2.75, 3.05) is 21.7 Å². The van der Waals surface area contributed by atoms with E-state index in [0.717, 1.165) is 11.6 Å². The number of nitrogen functional groups attached to an aromatic ring is 2. The Morgan fingerprint density at radius 2 is 1.97 bits per heavy atom. The number of nitrogens with two attached hydrogens (primary N) is 2. The molecule has 9 nitrogen and oxygen atoms in total. The van der Waals surface area contributed by atoms with Gasteiger partial charge in [0.1, 0.15) is 34.9 Å². The highest BCUT2D eigenvalue weighted by molar-refractivity contribution is 6.09. The van der Waals surface area contributed by atoms with Gasteiger partial charge in [0.15, 0.2) is 12.0 Å². The quantitative estimate of drug-likeness (QED) is 0.448. The van der Waals surface area contributed by atoms with Crippen LogP contribution in [0.3, 0.4) is 0 Å². The lowest BCUT2D eigenvalue weighted by Crippen LogP contribution is -2.53. The SMILES string of the molecule is CC[C@@H]1c2c(F)cc(F)cc2N2C(=Nc3cccc(C)c3C2O)[C@H]1Nc1nc(N)nc(N)c1C#N. The molecule has 178 valence electrons. The first-order valence-electron chi connectivity index (χ1n) is 11.0. The van der Waals surface area contributed by atoms with E-state index < -0.39 is 29.8 Å². The molecule has 0 spiro atoms. The third-order valence-corrected chi connectivity index (χ3v) is 6.47. The van der Waals surface area contributed by atoms with E-state index in [9.17, 15) is 14.8 Å². The Kier molecular flexibility index (Phi) is 5.25. The van der Waals surface area contributed by atoms with Crippen molar-refractivity contribution in [3.05, 3.63) is 64.2 Å². The summed E-state index contributed by atoms with van der Waals surface area (Å²) in [7, 11) is 0. The molecule has 2 aromatic carbocycles. The molecule has 35 heavy (non-hydrogen) atoms. The number of hydrogen-bond acceptors (Lipinski definition) is 9. The predicted molar refractivity (Wildman–Crippen MR) is 128 cm³/mol. The molecule has 0 radical (unpaired) electrons. The van der Waals surface area contributed by atoms with Gasteiger partial charge in [0, 0.05) is 23.1 Å². The molecule has 0 aliphatic carbocycles. The maximum absolute atomic E-state index is 15.3. The van der Waals surface area contributed by atoms with Crippen molar-refractivity contribution in [1.82, 2.24) is 9.97 Å². The van der Waals surface area contributed by atoms with Gasteiger partial charge in [0.05, 0.1) is 17.4 Å². The lowest BCUT2D eigenvalue weighted by Gasteiger charge is -2.46. The number of amidine groups is 1. The lowest BCUT2D eigenvalue weighted by atomic mass is 9.81. The topological polar surface area (TPSA) is 149 Å². The van der Waals surface area contributed by atoms with Crippen molar-refractivity contribution in [2.45, 2.75) is 38.5 Å². The van der Waals surface area contributed by atoms with Gasteiger partial charge in [-0.05, 0) is 31.0 Å². The number of benzene rings is 2. The van der Waals surface area contributed by atoms with Crippen molar-refractivity contribution in [3.63, 3.8) is 0 Å². The van der Waals surface area contributed by atoms with Gasteiger partial charge in [0.2, 0.25) is 5.95 Å². The molecular weight excluding hydrogens is 454 g/mol. The highest BCUT2D eigenvalue weighted by Gasteiger charge is 2.45. The first-order chi connectivity index (χ1) is 16.7. The zero-order chi connectivity index (χ0) is 25.0. The average molecular weight is 476 g/mol. The van der Waals surface area contributed by atoms with Crippen molar-refractivity contribution in [2.24, 2.45) is 4.99 Å². The summed E-state index contributed by atoms with van der Waals surface area (Å²) in [4.78, 5) is 14.2. The summed E-state index contributed by atoms with van der Waals surface area (Å²) < 4.78 is 29.7. The van der Waals surface area contributed by atoms with Gasteiger partial charge in [0.25, 0.3) is 0 Å². The molecule has 0 amide bonds. The smallest absolute Gasteiger partial charge is 0.224 e. The van der Waals surface area contributed by atoms with Gasteiger partial charge in [-0.15, -0.1) is 0 Å². The fourth-order valence-corrected chi connectivity index (χ4v) is 4.95. The van der Waals surface area contributed by atoms with Crippen LogP contribution in [0.4, 0.5) is 37.7 Å². The van der Waals surface area contributed by atoms with E-state index in [0.29, 0.717) is 23.5 Å². The van der Waals surface area contributed by atoms with Gasteiger partial charge in [-0.1, -0.05) is 19.1 Å². The van der Waals surface area contributed by atoms with Crippen LogP contribution < -0.4 is 21.7 Å². The largest absolute Gasteiger partial charge is 0.382 e. The number of hydrogen-bond donors (Lipinski definition) is 4. The third kappa shape index (κ3) is 3.41. The Morgan fingerprint density at radius 3 is 2.69 bits per heavy atom. The maximum Gasteiger partial charge on any atom is 0.224 e. The summed E-state index contributed by atoms with van der Waals surface area (Å²) in [6.07, 6.45) is -0.828. The molecule has 5 rings (SSSR count). The number of nitrogens with zero attached hydrogens (tertiary/aromatic N) is 5. The lowest BCUT2D eigenvalue weighted by molar-refractivity contribution is 0.183. The number of anilines is 4. The van der Waals surface area contributed by atoms with E-state index in [1.807, 2.05) is 32.0 Å². The van der Waals surface area contributed by atoms with Crippen LogP contribution in [-0.4, -0.2) is 27.0 Å². The van der Waals surface area contributed by atoms with Crippen molar-refractivity contribution < 1.29 is 13.9 Å². The van der Waals surface area contributed by atoms with E-state index >= 15 is 4.39 Å². The van der Waals surface area contributed by atoms with E-state index in [1.54, 1.807) is 6.07 Å². The van der Waals surface area contributed by atoms with Gasteiger partial charge in [-0.25, -0.2) is 13.8 Å². The highest BCUT2D eigenvalue weighted by atomic mass is 19.1. The van der Waals surface area contributed by atoms with Crippen LogP contribution in [0.5, 0.6) is 0 Å². The number of aromatic nitrogens is 2. The summed E-state index contributed by atoms with van der Waals surface area (Å²) >= 11 is 0. The molecule has 0 saturated heterocycles. The number of nitrogens with one attached hydrogen (secondary N) is 1. The number of nitriles is 1. The average Bonchev–Trinajstić information content (AvgIpc) is 2.79. The van der Waals surface area contributed by atoms with Crippen LogP contribution in [0.25, 0.3) is 0 Å². The van der Waals surface area contributed by atoms with Crippen LogP contribution in [-0.2, 0) is 0 Å². The van der Waals surface area contributed by atoms with E-state index in [-0.39, 0.29) is 34.4 Å². The minimum Gasteiger partial charge on any atom is -0.382 e. The summed E-state index contributed by atoms with van der Waals surface area (Å²) in [6, 6.07) is 8.61. The molecule has 3 atom stereocenters.